The average molecular weight is 166 g/mol. The van der Waals surface area contributed by atoms with Crippen LogP contribution in [0.2, 0.25) is 0 Å². The molecule has 0 rings (SSSR count). The predicted molar refractivity (Wildman–Crippen MR) is 57.2 cm³/mol. The largest absolute Gasteiger partial charge is 0.103 e. The van der Waals surface area contributed by atoms with Gasteiger partial charge in [-0.1, -0.05) is 39.0 Å². The summed E-state index contributed by atoms with van der Waals surface area (Å²) in [5, 5.41) is 0. The van der Waals surface area contributed by atoms with Crippen LogP contribution in [-0.4, -0.2) is 0 Å². The molecule has 70 valence electrons. The van der Waals surface area contributed by atoms with Crippen molar-refractivity contribution in [2.24, 2.45) is 11.8 Å². The lowest BCUT2D eigenvalue weighted by Crippen LogP contribution is -2.04. The van der Waals surface area contributed by atoms with Gasteiger partial charge in [-0.3, -0.25) is 0 Å². The highest BCUT2D eigenvalue weighted by Crippen LogP contribution is 2.22. The van der Waals surface area contributed by atoms with E-state index in [2.05, 4.69) is 40.0 Å². The van der Waals surface area contributed by atoms with Crippen LogP contribution in [-0.2, 0) is 0 Å². The standard InChI is InChI=1S/C12H22/c1-6-10(4)11(5)9-12(7-2)8-3/h7,11-12H,2,4,6,8-9H2,1,3,5H3/t11-,12+/m1/s1. The summed E-state index contributed by atoms with van der Waals surface area (Å²) in [6, 6.07) is 0. The zero-order valence-corrected chi connectivity index (χ0v) is 8.77. The van der Waals surface area contributed by atoms with Crippen LogP contribution < -0.4 is 0 Å². The van der Waals surface area contributed by atoms with Crippen LogP contribution >= 0.6 is 0 Å². The molecule has 0 heterocycles. The Kier molecular flexibility index (Phi) is 5.79. The minimum atomic E-state index is 0.651. The van der Waals surface area contributed by atoms with Gasteiger partial charge in [0.05, 0.1) is 0 Å². The van der Waals surface area contributed by atoms with Gasteiger partial charge in [-0.15, -0.1) is 6.58 Å². The fourth-order valence-corrected chi connectivity index (χ4v) is 1.40. The van der Waals surface area contributed by atoms with Crippen LogP contribution in [0, 0.1) is 11.8 Å². The van der Waals surface area contributed by atoms with E-state index in [0.29, 0.717) is 11.8 Å². The van der Waals surface area contributed by atoms with Gasteiger partial charge in [0.25, 0.3) is 0 Å². The number of rotatable bonds is 6. The maximum Gasteiger partial charge on any atom is -0.0229 e. The Morgan fingerprint density at radius 2 is 2.00 bits per heavy atom. The second-order valence-electron chi connectivity index (χ2n) is 3.55. The molecule has 2 atom stereocenters. The Balaban J connectivity index is 3.88. The molecule has 0 aromatic heterocycles. The monoisotopic (exact) mass is 166 g/mol. The summed E-state index contributed by atoms with van der Waals surface area (Å²) in [5.41, 5.74) is 1.37. The highest BCUT2D eigenvalue weighted by atomic mass is 14.1. The van der Waals surface area contributed by atoms with Crippen molar-refractivity contribution < 1.29 is 0 Å². The van der Waals surface area contributed by atoms with Crippen LogP contribution in [0.4, 0.5) is 0 Å². The molecule has 0 unspecified atom stereocenters. The molecule has 0 bridgehead atoms. The fraction of sp³-hybridized carbons (Fsp3) is 0.667. The van der Waals surface area contributed by atoms with E-state index in [9.17, 15) is 0 Å². The second-order valence-corrected chi connectivity index (χ2v) is 3.55. The zero-order chi connectivity index (χ0) is 9.56. The lowest BCUT2D eigenvalue weighted by atomic mass is 9.88. The summed E-state index contributed by atoms with van der Waals surface area (Å²) in [6.45, 7) is 14.6. The first-order valence-corrected chi connectivity index (χ1v) is 4.95. The van der Waals surface area contributed by atoms with E-state index >= 15 is 0 Å². The van der Waals surface area contributed by atoms with E-state index in [1.165, 1.54) is 18.4 Å². The Labute approximate surface area is 77.4 Å². The molecular formula is C12H22. The summed E-state index contributed by atoms with van der Waals surface area (Å²) in [7, 11) is 0. The maximum absolute atomic E-state index is 4.06. The molecule has 0 aliphatic rings. The first kappa shape index (κ1) is 11.5. The fourth-order valence-electron chi connectivity index (χ4n) is 1.40. The number of hydrogen-bond acceptors (Lipinski definition) is 0. The van der Waals surface area contributed by atoms with Crippen LogP contribution in [0.5, 0.6) is 0 Å². The van der Waals surface area contributed by atoms with E-state index in [1.54, 1.807) is 0 Å². The van der Waals surface area contributed by atoms with Crippen molar-refractivity contribution in [1.29, 1.82) is 0 Å². The third kappa shape index (κ3) is 3.75. The molecule has 0 saturated carbocycles. The van der Waals surface area contributed by atoms with E-state index in [0.717, 1.165) is 6.42 Å². The molecule has 0 amide bonds. The minimum Gasteiger partial charge on any atom is -0.103 e. The van der Waals surface area contributed by atoms with Crippen molar-refractivity contribution in [1.82, 2.24) is 0 Å². The van der Waals surface area contributed by atoms with E-state index < -0.39 is 0 Å². The van der Waals surface area contributed by atoms with Gasteiger partial charge in [0.15, 0.2) is 0 Å². The highest BCUT2D eigenvalue weighted by molar-refractivity contribution is 4.99. The van der Waals surface area contributed by atoms with Crippen molar-refractivity contribution >= 4 is 0 Å². The maximum atomic E-state index is 4.06. The predicted octanol–water partition coefficient (Wildman–Crippen LogP) is 4.19. The molecule has 0 spiro atoms. The number of allylic oxidation sites excluding steroid dienone is 2. The summed E-state index contributed by atoms with van der Waals surface area (Å²) >= 11 is 0. The smallest absolute Gasteiger partial charge is 0.0229 e. The van der Waals surface area contributed by atoms with Gasteiger partial charge in [0.1, 0.15) is 0 Å². The molecule has 0 radical (unpaired) electrons. The third-order valence-electron chi connectivity index (χ3n) is 2.67. The zero-order valence-electron chi connectivity index (χ0n) is 8.77. The number of hydrogen-bond donors (Lipinski definition) is 0. The first-order valence-electron chi connectivity index (χ1n) is 4.95. The van der Waals surface area contributed by atoms with Gasteiger partial charge in [-0.05, 0) is 31.1 Å². The summed E-state index contributed by atoms with van der Waals surface area (Å²) < 4.78 is 0. The van der Waals surface area contributed by atoms with Crippen LogP contribution in [0.15, 0.2) is 24.8 Å². The van der Waals surface area contributed by atoms with Gasteiger partial charge in [-0.2, -0.15) is 0 Å². The van der Waals surface area contributed by atoms with Crippen molar-refractivity contribution in [3.05, 3.63) is 24.8 Å². The highest BCUT2D eigenvalue weighted by Gasteiger charge is 2.09. The Morgan fingerprint density at radius 1 is 1.42 bits per heavy atom. The normalized spacial score (nSPS) is 15.2. The van der Waals surface area contributed by atoms with Crippen LogP contribution in [0.3, 0.4) is 0 Å². The van der Waals surface area contributed by atoms with Gasteiger partial charge >= 0.3 is 0 Å². The average Bonchev–Trinajstić information content (AvgIpc) is 2.12. The van der Waals surface area contributed by atoms with Crippen molar-refractivity contribution in [3.8, 4) is 0 Å². The SMILES string of the molecule is C=C[C@@H](CC)C[C@@H](C)C(=C)CC. The lowest BCUT2D eigenvalue weighted by molar-refractivity contribution is 0.476. The van der Waals surface area contributed by atoms with Crippen LogP contribution in [0.1, 0.15) is 40.0 Å². The van der Waals surface area contributed by atoms with Gasteiger partial charge in [-0.25, -0.2) is 0 Å². The van der Waals surface area contributed by atoms with Gasteiger partial charge in [0, 0.05) is 0 Å². The van der Waals surface area contributed by atoms with E-state index in [1.807, 2.05) is 0 Å². The molecule has 0 aromatic carbocycles. The first-order chi connectivity index (χ1) is 5.65. The minimum absolute atomic E-state index is 0.651. The third-order valence-corrected chi connectivity index (χ3v) is 2.67. The van der Waals surface area contributed by atoms with E-state index in [4.69, 9.17) is 0 Å². The molecule has 0 aliphatic carbocycles. The Morgan fingerprint density at radius 3 is 2.33 bits per heavy atom. The molecule has 0 aromatic rings. The summed E-state index contributed by atoms with van der Waals surface area (Å²) in [5.74, 6) is 1.32. The Bertz CT molecular complexity index is 144. The molecule has 0 fully saturated rings. The quantitative estimate of drug-likeness (QED) is 0.519. The Hall–Kier alpha value is -0.520. The molecule has 0 aliphatic heterocycles. The van der Waals surface area contributed by atoms with Crippen molar-refractivity contribution in [2.75, 3.05) is 0 Å². The summed E-state index contributed by atoms with van der Waals surface area (Å²) in [6.07, 6.45) is 5.59. The molecule has 0 heteroatoms. The van der Waals surface area contributed by atoms with Gasteiger partial charge in [0.2, 0.25) is 0 Å². The van der Waals surface area contributed by atoms with Crippen molar-refractivity contribution in [2.45, 2.75) is 40.0 Å². The summed E-state index contributed by atoms with van der Waals surface area (Å²) in [4.78, 5) is 0. The van der Waals surface area contributed by atoms with Gasteiger partial charge < -0.3 is 0 Å². The molecule has 0 nitrogen and oxygen atoms in total. The molecule has 12 heavy (non-hydrogen) atoms. The molecule has 0 saturated heterocycles. The van der Waals surface area contributed by atoms with Crippen molar-refractivity contribution in [3.63, 3.8) is 0 Å². The second kappa shape index (κ2) is 6.05. The van der Waals surface area contributed by atoms with Crippen LogP contribution in [0.25, 0.3) is 0 Å². The lowest BCUT2D eigenvalue weighted by Gasteiger charge is -2.17. The molecular weight excluding hydrogens is 144 g/mol. The van der Waals surface area contributed by atoms with E-state index in [-0.39, 0.29) is 0 Å². The molecule has 0 N–H and O–H groups in total. The topological polar surface area (TPSA) is 0 Å².